The van der Waals surface area contributed by atoms with E-state index in [1.807, 2.05) is 30.3 Å². The molecule has 4 atom stereocenters. The third kappa shape index (κ3) is 7.66. The van der Waals surface area contributed by atoms with Crippen molar-refractivity contribution in [3.63, 3.8) is 0 Å². The van der Waals surface area contributed by atoms with Crippen LogP contribution in [0.5, 0.6) is 0 Å². The summed E-state index contributed by atoms with van der Waals surface area (Å²) in [5.41, 5.74) is 2.95. The van der Waals surface area contributed by atoms with Gasteiger partial charge in [0.25, 0.3) is 5.91 Å². The standard InChI is InChI=1S/C29H30N2O8S/c1-17(37-18(2)33)26(34)31-22-6-3-5-21(13-22)29-38-23(16-40-27-24(28(35)36)7-4-12-30-27)14-25(39-29)20-10-8-19(15-32)9-11-20/h3-13,17,23,25,29,32H,14-16H2,1-2H3,(H,31,34)(H,35,36). The first kappa shape index (κ1) is 29.2. The smallest absolute Gasteiger partial charge is 0.338 e. The van der Waals surface area contributed by atoms with Gasteiger partial charge in [0.05, 0.1) is 24.4 Å². The second kappa shape index (κ2) is 13.5. The molecule has 3 N–H and O–H groups in total. The first-order valence-corrected chi connectivity index (χ1v) is 13.6. The van der Waals surface area contributed by atoms with Crippen molar-refractivity contribution in [3.05, 3.63) is 89.1 Å². The number of hydrogen-bond donors (Lipinski definition) is 3. The molecule has 1 fully saturated rings. The number of esters is 1. The number of carboxylic acids is 1. The number of benzene rings is 2. The number of thioether (sulfide) groups is 1. The van der Waals surface area contributed by atoms with Gasteiger partial charge in [-0.25, -0.2) is 9.78 Å². The summed E-state index contributed by atoms with van der Waals surface area (Å²) in [6, 6.07) is 17.6. The number of aromatic nitrogens is 1. The van der Waals surface area contributed by atoms with E-state index in [9.17, 15) is 24.6 Å². The van der Waals surface area contributed by atoms with Crippen LogP contribution in [0.15, 0.2) is 71.9 Å². The van der Waals surface area contributed by atoms with Crippen molar-refractivity contribution in [1.29, 1.82) is 0 Å². The molecule has 1 aromatic heterocycles. The average Bonchev–Trinajstić information content (AvgIpc) is 2.96. The van der Waals surface area contributed by atoms with Crippen molar-refractivity contribution in [2.24, 2.45) is 0 Å². The monoisotopic (exact) mass is 566 g/mol. The van der Waals surface area contributed by atoms with Crippen LogP contribution in [0.3, 0.4) is 0 Å². The summed E-state index contributed by atoms with van der Waals surface area (Å²) < 4.78 is 17.6. The zero-order valence-electron chi connectivity index (χ0n) is 22.0. The van der Waals surface area contributed by atoms with Crippen LogP contribution in [0.1, 0.15) is 59.7 Å². The van der Waals surface area contributed by atoms with Gasteiger partial charge in [0.15, 0.2) is 12.4 Å². The highest BCUT2D eigenvalue weighted by atomic mass is 32.2. The highest BCUT2D eigenvalue weighted by molar-refractivity contribution is 7.99. The fourth-order valence-electron chi connectivity index (χ4n) is 4.17. The Kier molecular flexibility index (Phi) is 9.88. The molecule has 1 aliphatic heterocycles. The Morgan fingerprint density at radius 1 is 1.10 bits per heavy atom. The number of nitrogens with one attached hydrogen (secondary N) is 1. The number of carbonyl (C=O) groups excluding carboxylic acids is 2. The Morgan fingerprint density at radius 2 is 1.88 bits per heavy atom. The molecule has 2 aromatic carbocycles. The van der Waals surface area contributed by atoms with Gasteiger partial charge in [-0.1, -0.05) is 36.4 Å². The molecule has 0 saturated carbocycles. The van der Waals surface area contributed by atoms with Crippen LogP contribution in [0, 0.1) is 0 Å². The number of rotatable bonds is 10. The van der Waals surface area contributed by atoms with Gasteiger partial charge in [-0.15, -0.1) is 11.8 Å². The minimum Gasteiger partial charge on any atom is -0.478 e. The number of aromatic carboxylic acids is 1. The van der Waals surface area contributed by atoms with Crippen LogP contribution in [0.25, 0.3) is 0 Å². The van der Waals surface area contributed by atoms with Crippen LogP contribution >= 0.6 is 11.8 Å². The summed E-state index contributed by atoms with van der Waals surface area (Å²) in [5.74, 6) is -1.65. The second-order valence-corrected chi connectivity index (χ2v) is 10.2. The van der Waals surface area contributed by atoms with E-state index in [1.54, 1.807) is 30.5 Å². The Balaban J connectivity index is 1.55. The molecule has 11 heteroatoms. The Morgan fingerprint density at radius 3 is 2.58 bits per heavy atom. The fraction of sp³-hybridized carbons (Fsp3) is 0.310. The molecular weight excluding hydrogens is 536 g/mol. The third-order valence-corrected chi connectivity index (χ3v) is 7.30. The Labute approximate surface area is 235 Å². The van der Waals surface area contributed by atoms with Gasteiger partial charge in [-0.3, -0.25) is 9.59 Å². The number of aliphatic hydroxyl groups is 1. The van der Waals surface area contributed by atoms with Gasteiger partial charge in [0, 0.05) is 36.5 Å². The largest absolute Gasteiger partial charge is 0.478 e. The molecule has 10 nitrogen and oxygen atoms in total. The minimum atomic E-state index is -1.05. The zero-order valence-corrected chi connectivity index (χ0v) is 22.8. The van der Waals surface area contributed by atoms with Crippen LogP contribution in [-0.4, -0.2) is 51.0 Å². The predicted molar refractivity (Wildman–Crippen MR) is 147 cm³/mol. The lowest BCUT2D eigenvalue weighted by Crippen LogP contribution is -2.31. The molecule has 0 spiro atoms. The van der Waals surface area contributed by atoms with Gasteiger partial charge < -0.3 is 29.7 Å². The maximum atomic E-state index is 12.5. The summed E-state index contributed by atoms with van der Waals surface area (Å²) in [4.78, 5) is 39.5. The molecule has 4 unspecified atom stereocenters. The van der Waals surface area contributed by atoms with Crippen LogP contribution < -0.4 is 5.32 Å². The van der Waals surface area contributed by atoms with E-state index < -0.39 is 30.2 Å². The average molecular weight is 567 g/mol. The van der Waals surface area contributed by atoms with Gasteiger partial charge >= 0.3 is 11.9 Å². The van der Waals surface area contributed by atoms with Gasteiger partial charge in [0.2, 0.25) is 0 Å². The molecule has 0 radical (unpaired) electrons. The first-order chi connectivity index (χ1) is 19.2. The van der Waals surface area contributed by atoms with Crippen molar-refractivity contribution < 1.29 is 38.8 Å². The Bertz CT molecular complexity index is 1350. The summed E-state index contributed by atoms with van der Waals surface area (Å²) in [6.45, 7) is 2.66. The van der Waals surface area contributed by atoms with Crippen LogP contribution in [0.2, 0.25) is 0 Å². The lowest BCUT2D eigenvalue weighted by Gasteiger charge is -2.36. The number of aliphatic hydroxyl groups excluding tert-OH is 1. The molecule has 1 saturated heterocycles. The van der Waals surface area contributed by atoms with Crippen molar-refractivity contribution >= 4 is 35.3 Å². The molecule has 2 heterocycles. The predicted octanol–water partition coefficient (Wildman–Crippen LogP) is 4.50. The molecule has 0 bridgehead atoms. The van der Waals surface area contributed by atoms with E-state index >= 15 is 0 Å². The van der Waals surface area contributed by atoms with E-state index in [4.69, 9.17) is 14.2 Å². The molecular formula is C29H30N2O8S. The molecule has 40 heavy (non-hydrogen) atoms. The lowest BCUT2D eigenvalue weighted by atomic mass is 10.0. The first-order valence-electron chi connectivity index (χ1n) is 12.6. The van der Waals surface area contributed by atoms with Gasteiger partial charge in [-0.05, 0) is 42.3 Å². The van der Waals surface area contributed by atoms with Crippen LogP contribution in [0.4, 0.5) is 5.69 Å². The quantitative estimate of drug-likeness (QED) is 0.237. The number of hydrogen-bond acceptors (Lipinski definition) is 9. The van der Waals surface area contributed by atoms with E-state index in [0.29, 0.717) is 28.5 Å². The highest BCUT2D eigenvalue weighted by Crippen LogP contribution is 2.40. The molecule has 1 aliphatic rings. The van der Waals surface area contributed by atoms with Crippen LogP contribution in [-0.2, 0) is 30.4 Å². The number of pyridine rings is 1. The van der Waals surface area contributed by atoms with E-state index in [1.165, 1.54) is 31.7 Å². The summed E-state index contributed by atoms with van der Waals surface area (Å²) in [5, 5.41) is 22.1. The molecule has 0 aliphatic carbocycles. The van der Waals surface area contributed by atoms with Gasteiger partial charge in [-0.2, -0.15) is 0 Å². The number of ether oxygens (including phenoxy) is 3. The minimum absolute atomic E-state index is 0.0681. The second-order valence-electron chi connectivity index (χ2n) is 9.19. The van der Waals surface area contributed by atoms with Crippen molar-refractivity contribution in [2.75, 3.05) is 11.1 Å². The van der Waals surface area contributed by atoms with E-state index in [-0.39, 0.29) is 24.4 Å². The fourth-order valence-corrected chi connectivity index (χ4v) is 5.18. The molecule has 1 amide bonds. The zero-order chi connectivity index (χ0) is 28.6. The molecule has 3 aromatic rings. The van der Waals surface area contributed by atoms with Crippen molar-refractivity contribution in [1.82, 2.24) is 4.98 Å². The summed E-state index contributed by atoms with van der Waals surface area (Å²) >= 11 is 1.30. The van der Waals surface area contributed by atoms with Crippen molar-refractivity contribution in [2.45, 2.75) is 56.5 Å². The summed E-state index contributed by atoms with van der Waals surface area (Å²) in [7, 11) is 0. The number of carbonyl (C=O) groups is 3. The maximum absolute atomic E-state index is 12.5. The molecule has 210 valence electrons. The number of amides is 1. The van der Waals surface area contributed by atoms with Gasteiger partial charge in [0.1, 0.15) is 5.03 Å². The lowest BCUT2D eigenvalue weighted by molar-refractivity contribution is -0.245. The number of nitrogens with zero attached hydrogens (tertiary/aromatic N) is 1. The Hall–Kier alpha value is -3.77. The number of carboxylic acid groups (broad SMARTS) is 1. The normalized spacial score (nSPS) is 19.4. The van der Waals surface area contributed by atoms with E-state index in [2.05, 4.69) is 10.3 Å². The highest BCUT2D eigenvalue weighted by Gasteiger charge is 2.33. The summed E-state index contributed by atoms with van der Waals surface area (Å²) in [6.07, 6.45) is -0.353. The number of anilines is 1. The third-order valence-electron chi connectivity index (χ3n) is 6.16. The topological polar surface area (TPSA) is 144 Å². The maximum Gasteiger partial charge on any atom is 0.338 e. The SMILES string of the molecule is CC(=O)OC(C)C(=O)Nc1cccc(C2OC(CSc3ncccc3C(=O)O)CC(c3ccc(CO)cc3)O2)c1. The van der Waals surface area contributed by atoms with E-state index in [0.717, 1.165) is 11.1 Å². The molecule has 4 rings (SSSR count). The van der Waals surface area contributed by atoms with Crippen molar-refractivity contribution in [3.8, 4) is 0 Å².